The van der Waals surface area contributed by atoms with Gasteiger partial charge in [0.2, 0.25) is 4.77 Å². The van der Waals surface area contributed by atoms with Gasteiger partial charge in [0.05, 0.1) is 12.4 Å². The molecule has 2 heterocycles. The summed E-state index contributed by atoms with van der Waals surface area (Å²) in [6.45, 7) is 7.89. The van der Waals surface area contributed by atoms with Crippen LogP contribution in [0.5, 0.6) is 0 Å². The fourth-order valence-corrected chi connectivity index (χ4v) is 4.02. The van der Waals surface area contributed by atoms with Gasteiger partial charge in [-0.05, 0) is 68.0 Å². The molecule has 8 heteroatoms. The van der Waals surface area contributed by atoms with Crippen molar-refractivity contribution in [3.8, 4) is 5.69 Å². The maximum absolute atomic E-state index is 11.5. The van der Waals surface area contributed by atoms with Crippen LogP contribution in [0.25, 0.3) is 5.69 Å². The molecule has 1 fully saturated rings. The summed E-state index contributed by atoms with van der Waals surface area (Å²) >= 11 is 11.9. The Bertz CT molecular complexity index is 1110. The van der Waals surface area contributed by atoms with Crippen molar-refractivity contribution >= 4 is 35.3 Å². The molecule has 2 aromatic carbocycles. The first kappa shape index (κ1) is 20.8. The van der Waals surface area contributed by atoms with E-state index in [1.165, 1.54) is 0 Å². The third-order valence-corrected chi connectivity index (χ3v) is 6.33. The van der Waals surface area contributed by atoms with Crippen LogP contribution in [-0.4, -0.2) is 51.2 Å². The van der Waals surface area contributed by atoms with E-state index in [0.29, 0.717) is 11.4 Å². The molecular formula is C22H24ClN5OS. The number of carbonyl (C=O) groups excluding carboxylic acids is 1. The van der Waals surface area contributed by atoms with Gasteiger partial charge in [-0.15, -0.1) is 0 Å². The standard InChI is InChI=1S/C22H24ClN5OS/c1-16-3-6-20(13-21(16)23)27-14-24-28(22(27)30)15-25-9-11-26(12-10-25)19-7-4-18(5-8-19)17(2)29/h3-8,13-14H,9-12,15H2,1-2H3. The molecule has 0 bridgehead atoms. The highest BCUT2D eigenvalue weighted by Crippen LogP contribution is 2.20. The number of nitrogens with zero attached hydrogens (tertiary/aromatic N) is 5. The summed E-state index contributed by atoms with van der Waals surface area (Å²) in [5, 5.41) is 5.20. The number of aryl methyl sites for hydroxylation is 1. The molecular weight excluding hydrogens is 418 g/mol. The second kappa shape index (κ2) is 8.71. The largest absolute Gasteiger partial charge is 0.369 e. The molecule has 6 nitrogen and oxygen atoms in total. The van der Waals surface area contributed by atoms with E-state index in [4.69, 9.17) is 23.8 Å². The number of benzene rings is 2. The fourth-order valence-electron chi connectivity index (χ4n) is 3.59. The monoisotopic (exact) mass is 441 g/mol. The lowest BCUT2D eigenvalue weighted by Crippen LogP contribution is -2.47. The number of aromatic nitrogens is 3. The van der Waals surface area contributed by atoms with Crippen molar-refractivity contribution in [3.05, 3.63) is 69.7 Å². The second-order valence-electron chi connectivity index (χ2n) is 7.57. The summed E-state index contributed by atoms with van der Waals surface area (Å²) in [6, 6.07) is 13.7. The minimum atomic E-state index is 0.0930. The molecule has 0 spiro atoms. The highest BCUT2D eigenvalue weighted by Gasteiger charge is 2.18. The Morgan fingerprint density at radius 3 is 2.37 bits per heavy atom. The zero-order chi connectivity index (χ0) is 21.3. The first-order chi connectivity index (χ1) is 14.4. The van der Waals surface area contributed by atoms with Gasteiger partial charge < -0.3 is 4.90 Å². The average Bonchev–Trinajstić information content (AvgIpc) is 3.11. The number of halogens is 1. The first-order valence-electron chi connectivity index (χ1n) is 9.91. The van der Waals surface area contributed by atoms with Crippen molar-refractivity contribution in [1.82, 2.24) is 19.2 Å². The van der Waals surface area contributed by atoms with E-state index in [-0.39, 0.29) is 5.78 Å². The van der Waals surface area contributed by atoms with Crippen LogP contribution >= 0.6 is 23.8 Å². The lowest BCUT2D eigenvalue weighted by atomic mass is 10.1. The van der Waals surface area contributed by atoms with Crippen LogP contribution in [0.15, 0.2) is 48.8 Å². The van der Waals surface area contributed by atoms with E-state index in [9.17, 15) is 4.79 Å². The number of hydrogen-bond acceptors (Lipinski definition) is 5. The molecule has 0 radical (unpaired) electrons. The highest BCUT2D eigenvalue weighted by atomic mass is 35.5. The molecule has 1 aromatic heterocycles. The number of ketones is 1. The van der Waals surface area contributed by atoms with Gasteiger partial charge in [-0.1, -0.05) is 17.7 Å². The van der Waals surface area contributed by atoms with Crippen LogP contribution in [0.2, 0.25) is 5.02 Å². The number of hydrogen-bond donors (Lipinski definition) is 0. The number of rotatable bonds is 5. The van der Waals surface area contributed by atoms with Crippen LogP contribution in [-0.2, 0) is 6.67 Å². The fraction of sp³-hybridized carbons (Fsp3) is 0.318. The minimum Gasteiger partial charge on any atom is -0.369 e. The smallest absolute Gasteiger partial charge is 0.203 e. The van der Waals surface area contributed by atoms with Gasteiger partial charge in [-0.2, -0.15) is 5.10 Å². The van der Waals surface area contributed by atoms with Crippen molar-refractivity contribution in [2.45, 2.75) is 20.5 Å². The van der Waals surface area contributed by atoms with E-state index in [1.807, 2.05) is 58.6 Å². The Hall–Kier alpha value is -2.48. The van der Waals surface area contributed by atoms with Crippen LogP contribution < -0.4 is 4.90 Å². The zero-order valence-corrected chi connectivity index (χ0v) is 18.7. The van der Waals surface area contributed by atoms with Gasteiger partial charge in [0, 0.05) is 42.5 Å². The maximum atomic E-state index is 11.5. The Kier molecular flexibility index (Phi) is 6.04. The average molecular weight is 442 g/mol. The van der Waals surface area contributed by atoms with Crippen molar-refractivity contribution in [2.24, 2.45) is 0 Å². The molecule has 1 saturated heterocycles. The molecule has 1 aliphatic rings. The summed E-state index contributed by atoms with van der Waals surface area (Å²) in [5.41, 5.74) is 3.85. The van der Waals surface area contributed by atoms with Crippen molar-refractivity contribution in [3.63, 3.8) is 0 Å². The SMILES string of the molecule is CC(=O)c1ccc(N2CCN(Cn3ncn(-c4ccc(C)c(Cl)c4)c3=S)CC2)cc1. The van der Waals surface area contributed by atoms with Gasteiger partial charge in [0.1, 0.15) is 6.33 Å². The topological polar surface area (TPSA) is 46.3 Å². The molecule has 0 saturated carbocycles. The van der Waals surface area contributed by atoms with Crippen molar-refractivity contribution < 1.29 is 4.79 Å². The molecule has 0 N–H and O–H groups in total. The van der Waals surface area contributed by atoms with E-state index in [2.05, 4.69) is 14.9 Å². The Morgan fingerprint density at radius 2 is 1.73 bits per heavy atom. The van der Waals surface area contributed by atoms with Gasteiger partial charge in [0.25, 0.3) is 0 Å². The molecule has 156 valence electrons. The quantitative estimate of drug-likeness (QED) is 0.435. The Labute approximate surface area is 186 Å². The lowest BCUT2D eigenvalue weighted by molar-refractivity contribution is 0.101. The molecule has 0 atom stereocenters. The molecule has 3 aromatic rings. The zero-order valence-electron chi connectivity index (χ0n) is 17.1. The van der Waals surface area contributed by atoms with Gasteiger partial charge in [-0.25, -0.2) is 4.68 Å². The van der Waals surface area contributed by atoms with Crippen LogP contribution in [0.3, 0.4) is 0 Å². The first-order valence-corrected chi connectivity index (χ1v) is 10.7. The highest BCUT2D eigenvalue weighted by molar-refractivity contribution is 7.71. The van der Waals surface area contributed by atoms with Gasteiger partial charge in [0.15, 0.2) is 5.78 Å². The molecule has 1 aliphatic heterocycles. The summed E-state index contributed by atoms with van der Waals surface area (Å²) < 4.78 is 4.38. The van der Waals surface area contributed by atoms with E-state index in [1.54, 1.807) is 13.3 Å². The maximum Gasteiger partial charge on any atom is 0.203 e. The third-order valence-electron chi connectivity index (χ3n) is 5.51. The Morgan fingerprint density at radius 1 is 1.07 bits per heavy atom. The lowest BCUT2D eigenvalue weighted by Gasteiger charge is -2.35. The second-order valence-corrected chi connectivity index (χ2v) is 8.34. The van der Waals surface area contributed by atoms with Crippen molar-refractivity contribution in [1.29, 1.82) is 0 Å². The van der Waals surface area contributed by atoms with E-state index >= 15 is 0 Å². The van der Waals surface area contributed by atoms with Gasteiger partial charge >= 0.3 is 0 Å². The predicted octanol–water partition coefficient (Wildman–Crippen LogP) is 4.35. The van der Waals surface area contributed by atoms with Crippen LogP contribution in [0.1, 0.15) is 22.8 Å². The third kappa shape index (κ3) is 4.33. The Balaban J connectivity index is 1.39. The van der Waals surface area contributed by atoms with Crippen LogP contribution in [0, 0.1) is 11.7 Å². The summed E-state index contributed by atoms with van der Waals surface area (Å²) in [7, 11) is 0. The van der Waals surface area contributed by atoms with E-state index in [0.717, 1.165) is 53.7 Å². The number of anilines is 1. The molecule has 0 aliphatic carbocycles. The summed E-state index contributed by atoms with van der Waals surface area (Å²) in [6.07, 6.45) is 1.75. The van der Waals surface area contributed by atoms with Crippen molar-refractivity contribution in [2.75, 3.05) is 31.1 Å². The normalized spacial score (nSPS) is 14.8. The van der Waals surface area contributed by atoms with Gasteiger partial charge in [-0.3, -0.25) is 14.3 Å². The number of piperazine rings is 1. The molecule has 4 rings (SSSR count). The number of carbonyl (C=O) groups is 1. The van der Waals surface area contributed by atoms with E-state index < -0.39 is 0 Å². The molecule has 0 amide bonds. The molecule has 0 unspecified atom stereocenters. The summed E-state index contributed by atoms with van der Waals surface area (Å²) in [5.74, 6) is 0.0930. The van der Waals surface area contributed by atoms with Crippen LogP contribution in [0.4, 0.5) is 5.69 Å². The number of Topliss-reactive ketones (excluding diaryl/α,β-unsaturated/α-hetero) is 1. The minimum absolute atomic E-state index is 0.0930. The summed E-state index contributed by atoms with van der Waals surface area (Å²) in [4.78, 5) is 16.1. The molecule has 30 heavy (non-hydrogen) atoms. The predicted molar refractivity (Wildman–Crippen MR) is 122 cm³/mol.